The minimum Gasteiger partial charge on any atom is -0.467 e. The fraction of sp³-hybridized carbons (Fsp3) is 0.222. The van der Waals surface area contributed by atoms with Crippen LogP contribution in [0.2, 0.25) is 0 Å². The molecule has 3 aromatic rings. The summed E-state index contributed by atoms with van der Waals surface area (Å²) in [6.45, 7) is 3.52. The maximum Gasteiger partial charge on any atom is 0.316 e. The number of nitrogens with one attached hydrogen (secondary N) is 1. The molecule has 2 aromatic heterocycles. The molecule has 1 aromatic carbocycles. The fourth-order valence-corrected chi connectivity index (χ4v) is 2.64. The molecule has 0 unspecified atom stereocenters. The molecule has 27 heavy (non-hydrogen) atoms. The van der Waals surface area contributed by atoms with Crippen molar-refractivity contribution in [2.75, 3.05) is 7.11 Å². The molecule has 1 N–H and O–H groups in total. The van der Waals surface area contributed by atoms with E-state index in [1.54, 1.807) is 13.8 Å². The van der Waals surface area contributed by atoms with Crippen molar-refractivity contribution in [3.8, 4) is 11.7 Å². The van der Waals surface area contributed by atoms with Gasteiger partial charge in [0.25, 0.3) is 5.91 Å². The van der Waals surface area contributed by atoms with Gasteiger partial charge in [-0.3, -0.25) is 4.79 Å². The highest BCUT2D eigenvalue weighted by atomic mass is 19.1. The second kappa shape index (κ2) is 7.48. The number of ether oxygens (including phenoxy) is 1. The van der Waals surface area contributed by atoms with Crippen LogP contribution in [0, 0.1) is 18.6 Å². The van der Waals surface area contributed by atoms with Crippen molar-refractivity contribution < 1.29 is 18.3 Å². The Morgan fingerprint density at radius 2 is 1.93 bits per heavy atom. The van der Waals surface area contributed by atoms with Gasteiger partial charge in [-0.1, -0.05) is 0 Å². The van der Waals surface area contributed by atoms with Crippen LogP contribution in [0.15, 0.2) is 36.8 Å². The van der Waals surface area contributed by atoms with E-state index in [2.05, 4.69) is 20.4 Å². The predicted molar refractivity (Wildman–Crippen MR) is 92.7 cm³/mol. The lowest BCUT2D eigenvalue weighted by atomic mass is 10.1. The number of hydrogen-bond donors (Lipinski definition) is 1. The van der Waals surface area contributed by atoms with Crippen molar-refractivity contribution in [3.63, 3.8) is 0 Å². The van der Waals surface area contributed by atoms with E-state index in [-0.39, 0.29) is 23.2 Å². The number of amides is 1. The highest BCUT2D eigenvalue weighted by Gasteiger charge is 2.19. The average molecular weight is 373 g/mol. The normalized spacial score (nSPS) is 11.9. The van der Waals surface area contributed by atoms with Gasteiger partial charge in [0.15, 0.2) is 5.82 Å². The molecule has 0 saturated heterocycles. The summed E-state index contributed by atoms with van der Waals surface area (Å²) in [4.78, 5) is 20.1. The molecule has 0 aliphatic rings. The van der Waals surface area contributed by atoms with Gasteiger partial charge in [0, 0.05) is 29.7 Å². The van der Waals surface area contributed by atoms with Gasteiger partial charge in [0.2, 0.25) is 0 Å². The molecule has 2 heterocycles. The first kappa shape index (κ1) is 18.4. The highest BCUT2D eigenvalue weighted by molar-refractivity contribution is 5.93. The highest BCUT2D eigenvalue weighted by Crippen LogP contribution is 2.22. The second-order valence-electron chi connectivity index (χ2n) is 5.85. The molecule has 3 rings (SSSR count). The molecule has 140 valence electrons. The number of rotatable bonds is 5. The van der Waals surface area contributed by atoms with Crippen LogP contribution in [0.3, 0.4) is 0 Å². The zero-order chi connectivity index (χ0) is 19.6. The predicted octanol–water partition coefficient (Wildman–Crippen LogP) is 2.75. The van der Waals surface area contributed by atoms with Gasteiger partial charge < -0.3 is 10.1 Å². The molecule has 0 fully saturated rings. The molecule has 1 atom stereocenters. The smallest absolute Gasteiger partial charge is 0.316 e. The molecule has 1 amide bonds. The Morgan fingerprint density at radius 3 is 2.56 bits per heavy atom. The standard InChI is InChI=1S/C18H17F2N5O2/c1-10(24-17(26)12-7-21-18(27-3)22-8-12)14-9-23-25(11(14)2)16-5-4-13(19)6-15(16)20/h4-10H,1-3H3,(H,24,26)/t10-/m0/s1. The SMILES string of the molecule is COc1ncc(C(=O)N[C@@H](C)c2cnn(-c3ccc(F)cc3F)c2C)cn1. The average Bonchev–Trinajstić information content (AvgIpc) is 3.03. The van der Waals surface area contributed by atoms with Gasteiger partial charge in [-0.25, -0.2) is 23.4 Å². The third-order valence-electron chi connectivity index (χ3n) is 4.07. The number of carbonyl (C=O) groups is 1. The summed E-state index contributed by atoms with van der Waals surface area (Å²) in [5.74, 6) is -1.76. The Hall–Kier alpha value is -3.36. The molecule has 0 aliphatic carbocycles. The first-order chi connectivity index (χ1) is 12.9. The van der Waals surface area contributed by atoms with Gasteiger partial charge >= 0.3 is 6.01 Å². The van der Waals surface area contributed by atoms with Crippen LogP contribution in [0.25, 0.3) is 5.69 Å². The van der Waals surface area contributed by atoms with E-state index < -0.39 is 17.7 Å². The maximum atomic E-state index is 14.0. The van der Waals surface area contributed by atoms with Gasteiger partial charge in [-0.15, -0.1) is 0 Å². The quantitative estimate of drug-likeness (QED) is 0.744. The summed E-state index contributed by atoms with van der Waals surface area (Å²) in [5, 5.41) is 6.97. The van der Waals surface area contributed by atoms with Crippen molar-refractivity contribution in [1.29, 1.82) is 0 Å². The van der Waals surface area contributed by atoms with Gasteiger partial charge in [-0.05, 0) is 26.0 Å². The van der Waals surface area contributed by atoms with E-state index in [1.807, 2.05) is 0 Å². The lowest BCUT2D eigenvalue weighted by Gasteiger charge is -2.14. The lowest BCUT2D eigenvalue weighted by Crippen LogP contribution is -2.27. The monoisotopic (exact) mass is 373 g/mol. The molecular weight excluding hydrogens is 356 g/mol. The van der Waals surface area contributed by atoms with Crippen LogP contribution in [-0.2, 0) is 0 Å². The number of halogens is 2. The Bertz CT molecular complexity index is 972. The minimum absolute atomic E-state index is 0.127. The van der Waals surface area contributed by atoms with E-state index >= 15 is 0 Å². The van der Waals surface area contributed by atoms with Crippen LogP contribution < -0.4 is 10.1 Å². The second-order valence-corrected chi connectivity index (χ2v) is 5.85. The zero-order valence-electron chi connectivity index (χ0n) is 14.9. The number of aromatic nitrogens is 4. The van der Waals surface area contributed by atoms with Crippen LogP contribution >= 0.6 is 0 Å². The number of methoxy groups -OCH3 is 1. The Labute approximate surface area is 154 Å². The Balaban J connectivity index is 1.80. The van der Waals surface area contributed by atoms with E-state index in [1.165, 1.54) is 36.4 Å². The Morgan fingerprint density at radius 1 is 1.22 bits per heavy atom. The van der Waals surface area contributed by atoms with Crippen molar-refractivity contribution in [1.82, 2.24) is 25.1 Å². The Kier molecular flexibility index (Phi) is 5.11. The van der Waals surface area contributed by atoms with Crippen LogP contribution in [0.5, 0.6) is 6.01 Å². The number of carbonyl (C=O) groups excluding carboxylic acids is 1. The van der Waals surface area contributed by atoms with Gasteiger partial charge in [-0.2, -0.15) is 5.10 Å². The summed E-state index contributed by atoms with van der Waals surface area (Å²) in [6.07, 6.45) is 4.25. The minimum atomic E-state index is -0.722. The topological polar surface area (TPSA) is 81.9 Å². The summed E-state index contributed by atoms with van der Waals surface area (Å²) in [6, 6.07) is 3.03. The van der Waals surface area contributed by atoms with Gasteiger partial charge in [0.1, 0.15) is 11.5 Å². The zero-order valence-corrected chi connectivity index (χ0v) is 14.9. The summed E-state index contributed by atoms with van der Waals surface area (Å²) in [7, 11) is 1.43. The summed E-state index contributed by atoms with van der Waals surface area (Å²) < 4.78 is 33.4. The van der Waals surface area contributed by atoms with Crippen molar-refractivity contribution in [2.24, 2.45) is 0 Å². The van der Waals surface area contributed by atoms with Crippen LogP contribution in [-0.4, -0.2) is 32.8 Å². The lowest BCUT2D eigenvalue weighted by molar-refractivity contribution is 0.0939. The van der Waals surface area contributed by atoms with Crippen molar-refractivity contribution in [2.45, 2.75) is 19.9 Å². The third kappa shape index (κ3) is 3.76. The number of nitrogens with zero attached hydrogens (tertiary/aromatic N) is 4. The molecule has 0 bridgehead atoms. The van der Waals surface area contributed by atoms with Crippen molar-refractivity contribution in [3.05, 3.63) is 65.2 Å². The van der Waals surface area contributed by atoms with E-state index in [0.717, 1.165) is 12.1 Å². The number of benzene rings is 1. The van der Waals surface area contributed by atoms with Crippen LogP contribution in [0.4, 0.5) is 8.78 Å². The molecule has 7 nitrogen and oxygen atoms in total. The van der Waals surface area contributed by atoms with E-state index in [9.17, 15) is 13.6 Å². The molecule has 0 saturated carbocycles. The molecule has 0 radical (unpaired) electrons. The number of hydrogen-bond acceptors (Lipinski definition) is 5. The van der Waals surface area contributed by atoms with Gasteiger partial charge in [0.05, 0.1) is 24.9 Å². The summed E-state index contributed by atoms with van der Waals surface area (Å²) in [5.41, 5.74) is 1.72. The first-order valence-electron chi connectivity index (χ1n) is 8.07. The van der Waals surface area contributed by atoms with E-state index in [0.29, 0.717) is 11.3 Å². The summed E-state index contributed by atoms with van der Waals surface area (Å²) >= 11 is 0. The third-order valence-corrected chi connectivity index (χ3v) is 4.07. The largest absolute Gasteiger partial charge is 0.467 e. The molecule has 9 heteroatoms. The van der Waals surface area contributed by atoms with Crippen LogP contribution in [0.1, 0.15) is 34.6 Å². The van der Waals surface area contributed by atoms with Crippen molar-refractivity contribution >= 4 is 5.91 Å². The first-order valence-corrected chi connectivity index (χ1v) is 8.07. The molecule has 0 spiro atoms. The molecule has 0 aliphatic heterocycles. The maximum absolute atomic E-state index is 14.0. The fourth-order valence-electron chi connectivity index (χ4n) is 2.64. The molecular formula is C18H17F2N5O2. The van der Waals surface area contributed by atoms with E-state index in [4.69, 9.17) is 4.74 Å².